The van der Waals surface area contributed by atoms with Crippen molar-refractivity contribution in [1.82, 2.24) is 5.32 Å². The van der Waals surface area contributed by atoms with Crippen molar-refractivity contribution in [2.75, 3.05) is 26.3 Å². The molecule has 1 aliphatic rings. The Balaban J connectivity index is 0.00000353. The van der Waals surface area contributed by atoms with Gasteiger partial charge in [-0.3, -0.25) is 0 Å². The third-order valence-electron chi connectivity index (χ3n) is 7.02. The predicted molar refractivity (Wildman–Crippen MR) is 163 cm³/mol. The predicted octanol–water partition coefficient (Wildman–Crippen LogP) is 8.22. The molecule has 2 atom stereocenters. The summed E-state index contributed by atoms with van der Waals surface area (Å²) in [5, 5.41) is 7.26. The number of benzene rings is 4. The lowest BCUT2D eigenvalue weighted by atomic mass is 9.87. The van der Waals surface area contributed by atoms with E-state index in [0.29, 0.717) is 42.4 Å². The van der Waals surface area contributed by atoms with Crippen LogP contribution in [0.2, 0.25) is 10.0 Å². The van der Waals surface area contributed by atoms with Crippen LogP contribution in [0, 0.1) is 0 Å². The van der Waals surface area contributed by atoms with E-state index in [1.165, 1.54) is 21.9 Å². The van der Waals surface area contributed by atoms with Crippen LogP contribution in [0.25, 0.3) is 10.8 Å². The van der Waals surface area contributed by atoms with E-state index in [4.69, 9.17) is 37.4 Å². The van der Waals surface area contributed by atoms with Gasteiger partial charge in [0.05, 0.1) is 32.5 Å². The Hall–Kier alpha value is -2.31. The van der Waals surface area contributed by atoms with Crippen molar-refractivity contribution in [2.45, 2.75) is 38.1 Å². The molecule has 2 unspecified atom stereocenters. The number of fused-ring (bicyclic) bond motifs is 1. The third-order valence-corrected chi connectivity index (χ3v) is 7.73. The Morgan fingerprint density at radius 1 is 0.795 bits per heavy atom. The van der Waals surface area contributed by atoms with Gasteiger partial charge >= 0.3 is 0 Å². The maximum Gasteiger partial charge on any atom is 0.119 e. The van der Waals surface area contributed by atoms with Crippen LogP contribution in [0.5, 0.6) is 5.75 Å². The molecular formula is C32H34Cl3NO3. The summed E-state index contributed by atoms with van der Waals surface area (Å²) in [6, 6.07) is 28.9. The van der Waals surface area contributed by atoms with Gasteiger partial charge in [0.25, 0.3) is 0 Å². The number of hydrogen-bond donors (Lipinski definition) is 1. The van der Waals surface area contributed by atoms with E-state index in [2.05, 4.69) is 72.0 Å². The third kappa shape index (κ3) is 8.11. The highest BCUT2D eigenvalue weighted by Crippen LogP contribution is 2.30. The Bertz CT molecular complexity index is 1310. The fraction of sp³-hybridized carbons (Fsp3) is 0.312. The van der Waals surface area contributed by atoms with Crippen LogP contribution in [-0.2, 0) is 22.7 Å². The Morgan fingerprint density at radius 3 is 2.36 bits per heavy atom. The number of nitrogens with one attached hydrogen (secondary N) is 1. The maximum atomic E-state index is 6.44. The van der Waals surface area contributed by atoms with Crippen LogP contribution in [0.1, 0.15) is 35.4 Å². The molecule has 0 spiro atoms. The molecule has 0 aliphatic carbocycles. The number of hydrogen-bond acceptors (Lipinski definition) is 4. The van der Waals surface area contributed by atoms with E-state index < -0.39 is 0 Å². The highest BCUT2D eigenvalue weighted by molar-refractivity contribution is 6.35. The van der Waals surface area contributed by atoms with Gasteiger partial charge in [-0.15, -0.1) is 12.4 Å². The molecule has 1 saturated heterocycles. The first-order valence-corrected chi connectivity index (χ1v) is 14.0. The topological polar surface area (TPSA) is 39.7 Å². The average molecular weight is 587 g/mol. The minimum atomic E-state index is 0. The average Bonchev–Trinajstić information content (AvgIpc) is 2.95. The first-order chi connectivity index (χ1) is 18.7. The Labute approximate surface area is 247 Å². The summed E-state index contributed by atoms with van der Waals surface area (Å²) in [5.74, 6) is 1.22. The summed E-state index contributed by atoms with van der Waals surface area (Å²) >= 11 is 12.4. The molecule has 206 valence electrons. The summed E-state index contributed by atoms with van der Waals surface area (Å²) in [7, 11) is 0. The van der Waals surface area contributed by atoms with Crippen LogP contribution in [0.15, 0.2) is 84.9 Å². The summed E-state index contributed by atoms with van der Waals surface area (Å²) in [5.41, 5.74) is 3.32. The van der Waals surface area contributed by atoms with Gasteiger partial charge in [-0.25, -0.2) is 0 Å². The van der Waals surface area contributed by atoms with E-state index >= 15 is 0 Å². The van der Waals surface area contributed by atoms with Crippen molar-refractivity contribution >= 4 is 46.4 Å². The van der Waals surface area contributed by atoms with Gasteiger partial charge in [-0.05, 0) is 65.2 Å². The molecule has 1 N–H and O–H groups in total. The van der Waals surface area contributed by atoms with Gasteiger partial charge in [-0.1, -0.05) is 77.8 Å². The second-order valence-corrected chi connectivity index (χ2v) is 10.5. The Morgan fingerprint density at radius 2 is 1.56 bits per heavy atom. The summed E-state index contributed by atoms with van der Waals surface area (Å²) in [4.78, 5) is 0. The lowest BCUT2D eigenvalue weighted by Crippen LogP contribution is -2.40. The standard InChI is InChI=1S/C32H33Cl2NO3.ClH/c33-30-7-3-8-31(34)29(30)22-36-17-4-18-37-27-13-11-25(12-14-27)28-15-16-35-20-32(28)38-21-23-9-10-24-5-1-2-6-26(24)19-23;/h1-3,5-14,19,28,32,35H,4,15-18,20-22H2;1H. The molecule has 39 heavy (non-hydrogen) atoms. The zero-order valence-corrected chi connectivity index (χ0v) is 24.1. The van der Waals surface area contributed by atoms with Crippen molar-refractivity contribution in [3.8, 4) is 5.75 Å². The molecule has 0 aromatic heterocycles. The summed E-state index contributed by atoms with van der Waals surface area (Å²) in [6.45, 7) is 4.02. The summed E-state index contributed by atoms with van der Waals surface area (Å²) in [6.07, 6.45) is 1.96. The lowest BCUT2D eigenvalue weighted by molar-refractivity contribution is 0.0106. The van der Waals surface area contributed by atoms with Gasteiger partial charge in [0.15, 0.2) is 0 Å². The lowest BCUT2D eigenvalue weighted by Gasteiger charge is -2.32. The SMILES string of the molecule is Cl.Clc1cccc(Cl)c1COCCCOc1ccc(C2CCNCC2OCc2ccc3ccccc3c2)cc1. The van der Waals surface area contributed by atoms with E-state index in [-0.39, 0.29) is 18.5 Å². The van der Waals surface area contributed by atoms with Crippen molar-refractivity contribution in [2.24, 2.45) is 0 Å². The highest BCUT2D eigenvalue weighted by atomic mass is 35.5. The molecule has 0 amide bonds. The first kappa shape index (κ1) is 29.7. The minimum Gasteiger partial charge on any atom is -0.494 e. The van der Waals surface area contributed by atoms with E-state index in [0.717, 1.165) is 37.2 Å². The molecule has 4 aromatic carbocycles. The number of ether oxygens (including phenoxy) is 3. The molecule has 0 saturated carbocycles. The van der Waals surface area contributed by atoms with Gasteiger partial charge in [0.1, 0.15) is 5.75 Å². The monoisotopic (exact) mass is 585 g/mol. The van der Waals surface area contributed by atoms with Gasteiger partial charge in [0, 0.05) is 34.5 Å². The largest absolute Gasteiger partial charge is 0.494 e. The van der Waals surface area contributed by atoms with Gasteiger partial charge < -0.3 is 19.5 Å². The molecule has 4 aromatic rings. The van der Waals surface area contributed by atoms with E-state index in [1.54, 1.807) is 0 Å². The molecule has 0 radical (unpaired) electrons. The minimum absolute atomic E-state index is 0. The smallest absolute Gasteiger partial charge is 0.119 e. The normalized spacial score (nSPS) is 17.1. The quantitative estimate of drug-likeness (QED) is 0.180. The van der Waals surface area contributed by atoms with Crippen molar-refractivity contribution in [3.63, 3.8) is 0 Å². The van der Waals surface area contributed by atoms with Crippen LogP contribution >= 0.6 is 35.6 Å². The highest BCUT2D eigenvalue weighted by Gasteiger charge is 2.27. The molecule has 5 rings (SSSR count). The second-order valence-electron chi connectivity index (χ2n) is 9.65. The van der Waals surface area contributed by atoms with E-state index in [1.807, 2.05) is 18.2 Å². The molecule has 1 fully saturated rings. The molecular weight excluding hydrogens is 553 g/mol. The molecule has 1 aliphatic heterocycles. The number of halogens is 3. The first-order valence-electron chi connectivity index (χ1n) is 13.2. The fourth-order valence-corrected chi connectivity index (χ4v) is 5.43. The van der Waals surface area contributed by atoms with Crippen LogP contribution < -0.4 is 10.1 Å². The van der Waals surface area contributed by atoms with Crippen molar-refractivity contribution < 1.29 is 14.2 Å². The zero-order chi connectivity index (χ0) is 26.2. The zero-order valence-electron chi connectivity index (χ0n) is 21.8. The molecule has 7 heteroatoms. The van der Waals surface area contributed by atoms with Crippen molar-refractivity contribution in [1.29, 1.82) is 0 Å². The van der Waals surface area contributed by atoms with Crippen LogP contribution in [0.4, 0.5) is 0 Å². The van der Waals surface area contributed by atoms with Gasteiger partial charge in [-0.2, -0.15) is 0 Å². The van der Waals surface area contributed by atoms with E-state index in [9.17, 15) is 0 Å². The number of piperidine rings is 1. The van der Waals surface area contributed by atoms with Crippen LogP contribution in [0.3, 0.4) is 0 Å². The summed E-state index contributed by atoms with van der Waals surface area (Å²) < 4.78 is 18.1. The Kier molecular flexibility index (Phi) is 11.3. The molecule has 1 heterocycles. The molecule has 0 bridgehead atoms. The maximum absolute atomic E-state index is 6.44. The van der Waals surface area contributed by atoms with Gasteiger partial charge in [0.2, 0.25) is 0 Å². The van der Waals surface area contributed by atoms with Crippen LogP contribution in [-0.4, -0.2) is 32.4 Å². The number of rotatable bonds is 11. The second kappa shape index (κ2) is 14.9. The fourth-order valence-electron chi connectivity index (χ4n) is 4.92. The van der Waals surface area contributed by atoms with Crippen molar-refractivity contribution in [3.05, 3.63) is 112 Å². The molecule has 4 nitrogen and oxygen atoms in total.